The second-order valence-electron chi connectivity index (χ2n) is 10.6. The summed E-state index contributed by atoms with van der Waals surface area (Å²) in [5, 5.41) is 8.30. The number of nitrogens with one attached hydrogen (secondary N) is 3. The van der Waals surface area contributed by atoms with Gasteiger partial charge in [0, 0.05) is 31.8 Å². The largest absolute Gasteiger partial charge is 0.491 e. The van der Waals surface area contributed by atoms with E-state index in [9.17, 15) is 18.4 Å². The van der Waals surface area contributed by atoms with Crippen LogP contribution in [0.3, 0.4) is 0 Å². The Kier molecular flexibility index (Phi) is 5.94. The Morgan fingerprint density at radius 3 is 2.89 bits per heavy atom. The number of amides is 3. The van der Waals surface area contributed by atoms with Gasteiger partial charge in [0.2, 0.25) is 5.91 Å². The molecule has 2 bridgehead atoms. The third-order valence-corrected chi connectivity index (χ3v) is 7.20. The molecule has 1 aromatic rings. The van der Waals surface area contributed by atoms with E-state index in [-0.39, 0.29) is 25.2 Å². The summed E-state index contributed by atoms with van der Waals surface area (Å²) in [5.41, 5.74) is 0.779. The van der Waals surface area contributed by atoms with Crippen LogP contribution in [0.1, 0.15) is 26.7 Å². The fourth-order valence-corrected chi connectivity index (χ4v) is 5.16. The maximum Gasteiger partial charge on any atom is 0.328 e. The first-order chi connectivity index (χ1) is 18.1. The minimum absolute atomic E-state index is 0.119. The minimum Gasteiger partial charge on any atom is -0.491 e. The number of dihydropyridines is 1. The highest BCUT2D eigenvalue weighted by molar-refractivity contribution is 5.91. The van der Waals surface area contributed by atoms with E-state index in [0.29, 0.717) is 30.5 Å². The van der Waals surface area contributed by atoms with Crippen LogP contribution >= 0.6 is 0 Å². The first-order valence-corrected chi connectivity index (χ1v) is 12.7. The van der Waals surface area contributed by atoms with Gasteiger partial charge in [-0.05, 0) is 32.4 Å². The lowest BCUT2D eigenvalue weighted by atomic mass is 10.1. The van der Waals surface area contributed by atoms with Crippen LogP contribution in [0, 0.1) is 0 Å². The number of urea groups is 1. The van der Waals surface area contributed by atoms with Gasteiger partial charge in [0.25, 0.3) is 5.92 Å². The molecule has 1 aliphatic carbocycles. The van der Waals surface area contributed by atoms with E-state index >= 15 is 0 Å². The van der Waals surface area contributed by atoms with E-state index in [2.05, 4.69) is 25.8 Å². The van der Waals surface area contributed by atoms with Gasteiger partial charge in [-0.2, -0.15) is 0 Å². The van der Waals surface area contributed by atoms with E-state index in [0.717, 1.165) is 18.7 Å². The van der Waals surface area contributed by atoms with Crippen LogP contribution in [0.5, 0.6) is 5.75 Å². The minimum atomic E-state index is -2.86. The van der Waals surface area contributed by atoms with Crippen molar-refractivity contribution in [3.05, 3.63) is 42.0 Å². The molecule has 3 amide bonds. The number of allylic oxidation sites excluding steroid dienone is 1. The molecule has 2 unspecified atom stereocenters. The molecule has 204 valence electrons. The van der Waals surface area contributed by atoms with E-state index < -0.39 is 35.7 Å². The van der Waals surface area contributed by atoms with Crippen LogP contribution in [-0.2, 0) is 14.3 Å². The Labute approximate surface area is 218 Å². The van der Waals surface area contributed by atoms with Gasteiger partial charge in [-0.25, -0.2) is 18.6 Å². The third kappa shape index (κ3) is 4.87. The van der Waals surface area contributed by atoms with Gasteiger partial charge >= 0.3 is 6.03 Å². The summed E-state index contributed by atoms with van der Waals surface area (Å²) in [6.07, 6.45) is 5.12. The number of nitrogens with zero attached hydrogens (tertiary/aromatic N) is 3. The van der Waals surface area contributed by atoms with Gasteiger partial charge < -0.3 is 29.7 Å². The van der Waals surface area contributed by atoms with Crippen molar-refractivity contribution in [2.75, 3.05) is 31.6 Å². The molecule has 3 N–H and O–H groups in total. The zero-order valence-electron chi connectivity index (χ0n) is 21.1. The Balaban J connectivity index is 1.12. The van der Waals surface area contributed by atoms with Gasteiger partial charge in [-0.3, -0.25) is 15.0 Å². The summed E-state index contributed by atoms with van der Waals surface area (Å²) < 4.78 is 43.8. The molecule has 1 saturated carbocycles. The van der Waals surface area contributed by atoms with Crippen molar-refractivity contribution >= 4 is 17.8 Å². The molecule has 13 heteroatoms. The number of hydrogen-bond donors (Lipinski definition) is 3. The fourth-order valence-electron chi connectivity index (χ4n) is 5.16. The van der Waals surface area contributed by atoms with Crippen LogP contribution in [0.2, 0.25) is 0 Å². The zero-order valence-corrected chi connectivity index (χ0v) is 21.1. The number of ether oxygens (including phenoxy) is 3. The average Bonchev–Trinajstić information content (AvgIpc) is 3.16. The van der Waals surface area contributed by atoms with Crippen molar-refractivity contribution < 1.29 is 32.6 Å². The summed E-state index contributed by atoms with van der Waals surface area (Å²) in [4.78, 5) is 34.1. The number of carbonyl (C=O) groups is 2. The first-order valence-electron chi connectivity index (χ1n) is 12.7. The van der Waals surface area contributed by atoms with E-state index in [1.165, 1.54) is 6.20 Å². The van der Waals surface area contributed by atoms with Crippen LogP contribution in [0.4, 0.5) is 19.4 Å². The second-order valence-corrected chi connectivity index (χ2v) is 10.6. The van der Waals surface area contributed by atoms with Gasteiger partial charge in [-0.1, -0.05) is 6.08 Å². The maximum absolute atomic E-state index is 13.5. The highest BCUT2D eigenvalue weighted by Gasteiger charge is 2.58. The van der Waals surface area contributed by atoms with Crippen molar-refractivity contribution in [2.24, 2.45) is 0 Å². The quantitative estimate of drug-likeness (QED) is 0.508. The third-order valence-electron chi connectivity index (χ3n) is 7.20. The van der Waals surface area contributed by atoms with Crippen LogP contribution < -0.4 is 20.7 Å². The predicted molar refractivity (Wildman–Crippen MR) is 130 cm³/mol. The molecule has 0 aromatic carbocycles. The standard InChI is InChI=1S/C25H30F2N6O5/c1-24(2)37-13-16(38-24)12-36-15-5-7-28-20(9-15)31-23(35)33-14-6-8-32(11-14)18-4-3-17(29-21(18)33)22(34)30-19-10-25(19,26)27/h3-5,7,9,14,16-17,19,29H,6,8,10-13H2,1-2H3,(H,30,34)(H,28,31,35)/t14-,16-,17?,19?/m0/s1. The highest BCUT2D eigenvalue weighted by Crippen LogP contribution is 2.42. The van der Waals surface area contributed by atoms with Gasteiger partial charge in [0.1, 0.15) is 36.1 Å². The number of rotatable bonds is 6. The number of alkyl halides is 2. The van der Waals surface area contributed by atoms with Crippen molar-refractivity contribution in [3.8, 4) is 5.75 Å². The average molecular weight is 533 g/mol. The van der Waals surface area contributed by atoms with Gasteiger partial charge in [0.05, 0.1) is 24.4 Å². The molecule has 0 radical (unpaired) electrons. The SMILES string of the molecule is CC1(C)OC[C@H](COc2ccnc(NC(=O)N3C4=C(C=CC(C(=O)NC5CC5(F)F)N4)N4CC[C@H]3C4)c2)O1. The van der Waals surface area contributed by atoms with Crippen molar-refractivity contribution in [2.45, 2.75) is 62.6 Å². The summed E-state index contributed by atoms with van der Waals surface area (Å²) in [5.74, 6) is -2.78. The second kappa shape index (κ2) is 9.09. The number of anilines is 1. The monoisotopic (exact) mass is 532 g/mol. The maximum atomic E-state index is 13.5. The number of aromatic nitrogens is 1. The molecule has 3 fully saturated rings. The molecular weight excluding hydrogens is 502 g/mol. The lowest BCUT2D eigenvalue weighted by Crippen LogP contribution is -2.56. The first kappa shape index (κ1) is 24.9. The molecule has 4 aliphatic heterocycles. The summed E-state index contributed by atoms with van der Waals surface area (Å²) >= 11 is 0. The predicted octanol–water partition coefficient (Wildman–Crippen LogP) is 1.75. The highest BCUT2D eigenvalue weighted by atomic mass is 19.3. The molecule has 0 spiro atoms. The van der Waals surface area contributed by atoms with Crippen LogP contribution in [0.15, 0.2) is 42.0 Å². The molecule has 5 heterocycles. The van der Waals surface area contributed by atoms with Crippen LogP contribution in [-0.4, -0.2) is 89.0 Å². The zero-order chi connectivity index (χ0) is 26.7. The smallest absolute Gasteiger partial charge is 0.328 e. The molecule has 5 aliphatic rings. The fraction of sp³-hybridized carbons (Fsp3) is 0.560. The molecule has 38 heavy (non-hydrogen) atoms. The van der Waals surface area contributed by atoms with Gasteiger partial charge in [-0.15, -0.1) is 0 Å². The van der Waals surface area contributed by atoms with Gasteiger partial charge in [0.15, 0.2) is 5.79 Å². The summed E-state index contributed by atoms with van der Waals surface area (Å²) in [6, 6.07) is 0.754. The van der Waals surface area contributed by atoms with Crippen LogP contribution in [0.25, 0.3) is 0 Å². The topological polar surface area (TPSA) is 117 Å². The van der Waals surface area contributed by atoms with E-state index in [1.54, 1.807) is 29.2 Å². The molecular formula is C25H30F2N6O5. The Hall–Kier alpha value is -3.45. The van der Waals surface area contributed by atoms with Crippen molar-refractivity contribution in [3.63, 3.8) is 0 Å². The van der Waals surface area contributed by atoms with E-state index in [4.69, 9.17) is 14.2 Å². The van der Waals surface area contributed by atoms with Crippen molar-refractivity contribution in [1.82, 2.24) is 25.4 Å². The lowest BCUT2D eigenvalue weighted by Gasteiger charge is -2.40. The number of fused-ring (bicyclic) bond motifs is 3. The summed E-state index contributed by atoms with van der Waals surface area (Å²) in [7, 11) is 0. The van der Waals surface area contributed by atoms with E-state index in [1.807, 2.05) is 13.8 Å². The molecule has 4 atom stereocenters. The Bertz CT molecular complexity index is 1210. The number of pyridine rings is 1. The number of hydrogen-bond acceptors (Lipinski definition) is 8. The van der Waals surface area contributed by atoms with Crippen molar-refractivity contribution in [1.29, 1.82) is 0 Å². The molecule has 1 aromatic heterocycles. The number of halogens is 2. The Morgan fingerprint density at radius 2 is 2.16 bits per heavy atom. The molecule has 2 saturated heterocycles. The molecule has 11 nitrogen and oxygen atoms in total. The molecule has 6 rings (SSSR count). The lowest BCUT2D eigenvalue weighted by molar-refractivity contribution is -0.141. The number of carbonyl (C=O) groups excluding carboxylic acids is 2. The normalized spacial score (nSPS) is 30.0. The Morgan fingerprint density at radius 1 is 1.34 bits per heavy atom. The summed E-state index contributed by atoms with van der Waals surface area (Å²) in [6.45, 7) is 5.81.